The first-order chi connectivity index (χ1) is 48.5. The Bertz CT molecular complexity index is 4290. The summed E-state index contributed by atoms with van der Waals surface area (Å²) in [5.74, 6) is -4.33. The van der Waals surface area contributed by atoms with E-state index in [1.165, 1.54) is 11.6 Å². The number of alkyl halides is 4. The molecule has 7 aliphatic rings. The molecule has 4 heterocycles. The van der Waals surface area contributed by atoms with Gasteiger partial charge in [0.05, 0.1) is 49.7 Å². The Labute approximate surface area is 576 Å². The highest BCUT2D eigenvalue weighted by Crippen LogP contribution is 2.48. The van der Waals surface area contributed by atoms with E-state index >= 15 is 0 Å². The van der Waals surface area contributed by atoms with Crippen LogP contribution >= 0.6 is 0 Å². The summed E-state index contributed by atoms with van der Waals surface area (Å²) in [5.41, 5.74) is 9.12. The molecule has 100 heavy (non-hydrogen) atoms. The van der Waals surface area contributed by atoms with E-state index in [2.05, 4.69) is 45.5 Å². The number of nitrogens with zero attached hydrogens (tertiary/aromatic N) is 4. The number of nitrogens with one attached hydrogen (secondary N) is 4. The Kier molecular flexibility index (Phi) is 21.8. The lowest BCUT2D eigenvalue weighted by Gasteiger charge is -2.39. The number of likely N-dealkylation sites (tertiary alicyclic amines) is 1. The number of hydrogen-bond donors (Lipinski definition) is 4. The number of hydrogen-bond acceptors (Lipinski definition) is 13. The van der Waals surface area contributed by atoms with Crippen LogP contribution in [0.3, 0.4) is 0 Å². The van der Waals surface area contributed by atoms with Gasteiger partial charge in [-0.3, -0.25) is 24.0 Å². The number of carbonyl (C=O) groups is 5. The number of piperidine rings is 1. The molecule has 3 aliphatic carbocycles. The molecule has 18 nitrogen and oxygen atoms in total. The molecule has 7 aromatic carbocycles. The summed E-state index contributed by atoms with van der Waals surface area (Å²) in [6.45, 7) is 1.93. The molecule has 7 aromatic rings. The van der Waals surface area contributed by atoms with Gasteiger partial charge in [0.25, 0.3) is 0 Å². The fourth-order valence-corrected chi connectivity index (χ4v) is 12.8. The lowest BCUT2D eigenvalue weighted by atomic mass is 10.0. The van der Waals surface area contributed by atoms with Crippen molar-refractivity contribution in [3.8, 4) is 68.8 Å². The molecule has 14 rings (SSSR count). The van der Waals surface area contributed by atoms with Gasteiger partial charge in [0, 0.05) is 85.8 Å². The van der Waals surface area contributed by atoms with Crippen LogP contribution in [0, 0.1) is 57.7 Å². The summed E-state index contributed by atoms with van der Waals surface area (Å²) in [5, 5.41) is 40.1. The maximum Gasteiger partial charge on any atom is 0.301 e. The van der Waals surface area contributed by atoms with Crippen molar-refractivity contribution >= 4 is 46.6 Å². The van der Waals surface area contributed by atoms with Gasteiger partial charge in [0.2, 0.25) is 36.0 Å². The topological polar surface area (TPSA) is 254 Å². The molecule has 4 saturated heterocycles. The first kappa shape index (κ1) is 69.3. The van der Waals surface area contributed by atoms with Crippen LogP contribution in [0.2, 0.25) is 0 Å². The van der Waals surface area contributed by atoms with Gasteiger partial charge in [-0.15, -0.1) is 0 Å². The molecule has 7 fully saturated rings. The molecule has 6 atom stereocenters. The number of ether oxygens (including phenoxy) is 5. The van der Waals surface area contributed by atoms with Gasteiger partial charge in [-0.05, 0) is 150 Å². The predicted octanol–water partition coefficient (Wildman–Crippen LogP) is 13.6. The second kappa shape index (κ2) is 31.5. The molecule has 4 N–H and O–H groups in total. The van der Waals surface area contributed by atoms with Gasteiger partial charge in [0.15, 0.2) is 6.10 Å². The van der Waals surface area contributed by atoms with Crippen molar-refractivity contribution < 1.29 is 65.2 Å². The largest absolute Gasteiger partial charge is 0.489 e. The second-order valence-electron chi connectivity index (χ2n) is 26.1. The Balaban J connectivity index is 0.000000143. The molecular formula is C78H74F4N8O10. The predicted molar refractivity (Wildman–Crippen MR) is 364 cm³/mol. The van der Waals surface area contributed by atoms with Crippen molar-refractivity contribution in [2.24, 2.45) is 23.7 Å². The van der Waals surface area contributed by atoms with Gasteiger partial charge in [-0.25, -0.2) is 17.6 Å². The SMILES string of the molecule is N#Cc1cc(-c2cccc(NC(=O)C3CC3)c2)ccc1O[C@H]1CCN(C(=O)[C@@H]2CCC(=O)N2)CC1(F)F.N#Cc1cc(-c2cccc(NC(=O)[C@@H]3C[C@H]3c3ccccc3)c2)ccc1OC1CCOCC1.N#Cc1cc(-c2cccc(NC(=O)[C@H]3C[C@@H]3C(F)F)c2)ccc1OC1CCOCC1. The summed E-state index contributed by atoms with van der Waals surface area (Å²) < 4.78 is 83.7. The van der Waals surface area contributed by atoms with Crippen LogP contribution < -0.4 is 35.5 Å². The molecule has 0 unspecified atom stereocenters. The average Bonchev–Trinajstić information content (AvgIpc) is 1.36. The number of rotatable bonds is 18. The number of carbonyl (C=O) groups excluding carboxylic acids is 5. The molecule has 0 aromatic heterocycles. The Morgan fingerprint density at radius 3 is 1.42 bits per heavy atom. The normalized spacial score (nSPS) is 21.3. The highest BCUT2D eigenvalue weighted by atomic mass is 19.3. The van der Waals surface area contributed by atoms with E-state index in [0.717, 1.165) is 83.4 Å². The van der Waals surface area contributed by atoms with Crippen LogP contribution in [-0.4, -0.2) is 111 Å². The number of halogens is 4. The van der Waals surface area contributed by atoms with Crippen LogP contribution in [0.25, 0.3) is 33.4 Å². The van der Waals surface area contributed by atoms with E-state index in [9.17, 15) is 57.3 Å². The molecule has 0 radical (unpaired) electrons. The smallest absolute Gasteiger partial charge is 0.301 e. The number of nitriles is 3. The molecule has 0 spiro atoms. The van der Waals surface area contributed by atoms with Gasteiger partial charge < -0.3 is 49.9 Å². The van der Waals surface area contributed by atoms with E-state index in [-0.39, 0.29) is 84.8 Å². The van der Waals surface area contributed by atoms with Crippen LogP contribution in [-0.2, 0) is 33.4 Å². The van der Waals surface area contributed by atoms with Gasteiger partial charge in [-0.1, -0.05) is 84.9 Å². The monoisotopic (exact) mass is 1360 g/mol. The summed E-state index contributed by atoms with van der Waals surface area (Å²) in [7, 11) is 0. The molecule has 3 saturated carbocycles. The highest BCUT2D eigenvalue weighted by molar-refractivity contribution is 5.97. The third-order valence-electron chi connectivity index (χ3n) is 18.8. The minimum absolute atomic E-state index is 0.0136. The zero-order valence-electron chi connectivity index (χ0n) is 54.7. The molecule has 4 aliphatic heterocycles. The third-order valence-corrected chi connectivity index (χ3v) is 18.8. The fourth-order valence-electron chi connectivity index (χ4n) is 12.8. The van der Waals surface area contributed by atoms with Crippen molar-refractivity contribution in [2.75, 3.05) is 55.5 Å². The first-order valence-corrected chi connectivity index (χ1v) is 33.8. The van der Waals surface area contributed by atoms with Crippen LogP contribution in [0.1, 0.15) is 98.8 Å². The summed E-state index contributed by atoms with van der Waals surface area (Å²) in [4.78, 5) is 62.0. The maximum atomic E-state index is 15.0. The van der Waals surface area contributed by atoms with Crippen molar-refractivity contribution in [1.82, 2.24) is 10.2 Å². The number of benzene rings is 7. The summed E-state index contributed by atoms with van der Waals surface area (Å²) in [6.07, 6.45) is 2.70. The number of amides is 5. The van der Waals surface area contributed by atoms with Crippen LogP contribution in [0.4, 0.5) is 34.6 Å². The third kappa shape index (κ3) is 17.6. The quantitative estimate of drug-likeness (QED) is 0.0584. The molecule has 514 valence electrons. The summed E-state index contributed by atoms with van der Waals surface area (Å²) in [6, 6.07) is 53.8. The van der Waals surface area contributed by atoms with Crippen molar-refractivity contribution in [3.63, 3.8) is 0 Å². The zero-order chi connectivity index (χ0) is 69.9. The van der Waals surface area contributed by atoms with E-state index < -0.39 is 48.8 Å². The second-order valence-corrected chi connectivity index (χ2v) is 26.1. The summed E-state index contributed by atoms with van der Waals surface area (Å²) >= 11 is 0. The van der Waals surface area contributed by atoms with Crippen molar-refractivity contribution in [1.29, 1.82) is 15.8 Å². The minimum atomic E-state index is -3.34. The van der Waals surface area contributed by atoms with E-state index in [4.69, 9.17) is 23.7 Å². The first-order valence-electron chi connectivity index (χ1n) is 33.8. The molecular weight excluding hydrogens is 1280 g/mol. The van der Waals surface area contributed by atoms with Crippen molar-refractivity contribution in [2.45, 2.75) is 113 Å². The Morgan fingerprint density at radius 1 is 0.530 bits per heavy atom. The maximum absolute atomic E-state index is 15.0. The van der Waals surface area contributed by atoms with Gasteiger partial charge in [-0.2, -0.15) is 15.8 Å². The van der Waals surface area contributed by atoms with Crippen molar-refractivity contribution in [3.05, 3.63) is 180 Å². The van der Waals surface area contributed by atoms with E-state index in [1.54, 1.807) is 60.7 Å². The Morgan fingerprint density at radius 2 is 0.990 bits per heavy atom. The zero-order valence-corrected chi connectivity index (χ0v) is 54.7. The number of anilines is 3. The highest BCUT2D eigenvalue weighted by Gasteiger charge is 2.50. The van der Waals surface area contributed by atoms with E-state index in [0.29, 0.717) is 78.3 Å². The standard InChI is InChI=1S/C28H26N2O3.C27H26F2N4O4.C23H22F2N2O3/c29-18-22-15-21(9-10-27(22)33-24-11-13-32-14-12-24)20-7-4-8-23(16-20)30-28(31)26-17-25(26)19-5-2-1-3-6-19;28-27(29)15-33(26(36)21-7-9-24(34)32-21)11-10-23(27)37-22-8-6-18(12-19(22)14-30)17-2-1-3-20(13-17)31-25(35)16-4-5-16;24-22(25)19-12-20(19)23(28)27-17-3-1-2-14(11-17)15-4-5-21(16(10-15)13-26)30-18-6-8-29-9-7-18/h1-10,15-16,24-26H,11-14,17H2,(H,30,31);1-3,6,8,12-13,16,21,23H,4-5,7,9-11,15H2,(H,31,35)(H,32,34);1-5,10-11,18-20,22H,6-9,12H2,(H,27,28)/t25-,26+;21-,23-;19-,20-/m000/s1. The Hall–Kier alpha value is -10.6. The fraction of sp³-hybridized carbons (Fsp3) is 0.359. The van der Waals surface area contributed by atoms with Gasteiger partial charge >= 0.3 is 5.92 Å². The molecule has 5 amide bonds. The lowest BCUT2D eigenvalue weighted by molar-refractivity contribution is -0.161. The average molecular weight is 1360 g/mol. The molecule has 22 heteroatoms. The minimum Gasteiger partial charge on any atom is -0.489 e. The van der Waals surface area contributed by atoms with Gasteiger partial charge in [0.1, 0.15) is 53.7 Å². The van der Waals surface area contributed by atoms with Crippen LogP contribution in [0.15, 0.2) is 158 Å². The lowest BCUT2D eigenvalue weighted by Crippen LogP contribution is -2.58. The van der Waals surface area contributed by atoms with E-state index in [1.807, 2.05) is 84.9 Å². The van der Waals surface area contributed by atoms with Crippen LogP contribution in [0.5, 0.6) is 17.2 Å². The molecule has 0 bridgehead atoms.